The molecule has 0 atom stereocenters. The molecule has 0 saturated carbocycles. The third-order valence-corrected chi connectivity index (χ3v) is 5.41. The van der Waals surface area contributed by atoms with Gasteiger partial charge < -0.3 is 16.9 Å². The minimum Gasteiger partial charge on any atom is -1.00 e. The van der Waals surface area contributed by atoms with Crippen molar-refractivity contribution in [2.45, 2.75) is 85.1 Å². The van der Waals surface area contributed by atoms with Crippen molar-refractivity contribution in [2.75, 3.05) is 19.6 Å². The van der Waals surface area contributed by atoms with Gasteiger partial charge in [0.15, 0.2) is 0 Å². The smallest absolute Gasteiger partial charge is 0.104 e. The molecule has 26 heavy (non-hydrogen) atoms. The molecule has 0 aliphatic heterocycles. The first kappa shape index (κ1) is 25.2. The first-order valence-electron chi connectivity index (χ1n) is 10.8. The van der Waals surface area contributed by atoms with Crippen LogP contribution in [0.15, 0.2) is 30.8 Å². The second kappa shape index (κ2) is 15.3. The van der Waals surface area contributed by atoms with Crippen molar-refractivity contribution in [3.63, 3.8) is 0 Å². The highest BCUT2D eigenvalue weighted by molar-refractivity contribution is 5.47. The molecule has 1 aromatic carbocycles. The number of hydrogen-bond donors (Lipinski definition) is 0. The van der Waals surface area contributed by atoms with E-state index in [4.69, 9.17) is 0 Å². The molecule has 0 radical (unpaired) electrons. The van der Waals surface area contributed by atoms with Crippen molar-refractivity contribution in [3.05, 3.63) is 42.0 Å². The summed E-state index contributed by atoms with van der Waals surface area (Å²) in [6.45, 7) is 16.1. The Morgan fingerprint density at radius 2 is 1.31 bits per heavy atom. The summed E-state index contributed by atoms with van der Waals surface area (Å²) in [5, 5.41) is 0. The van der Waals surface area contributed by atoms with Crippen LogP contribution < -0.4 is 12.4 Å². The SMILES string of the molecule is C=Cc1cccc(C[N+](CCCCC)(CCCCC)CCCCC)c1.[Cl-]. The maximum atomic E-state index is 3.95. The highest BCUT2D eigenvalue weighted by Gasteiger charge is 2.26. The molecule has 0 aliphatic carbocycles. The number of rotatable bonds is 15. The van der Waals surface area contributed by atoms with Gasteiger partial charge in [-0.25, -0.2) is 0 Å². The minimum absolute atomic E-state index is 0. The monoisotopic (exact) mass is 379 g/mol. The zero-order valence-corrected chi connectivity index (χ0v) is 18.4. The van der Waals surface area contributed by atoms with Crippen LogP contribution in [0.2, 0.25) is 0 Å². The zero-order valence-electron chi connectivity index (χ0n) is 17.6. The number of unbranched alkanes of at least 4 members (excludes halogenated alkanes) is 6. The molecule has 0 N–H and O–H groups in total. The second-order valence-electron chi connectivity index (χ2n) is 7.74. The Morgan fingerprint density at radius 1 is 0.808 bits per heavy atom. The van der Waals surface area contributed by atoms with Crippen LogP contribution in [0.1, 0.15) is 89.7 Å². The van der Waals surface area contributed by atoms with Gasteiger partial charge in [0.1, 0.15) is 6.54 Å². The summed E-state index contributed by atoms with van der Waals surface area (Å²) in [7, 11) is 0. The molecule has 2 heteroatoms. The van der Waals surface area contributed by atoms with Crippen LogP contribution in [0.3, 0.4) is 0 Å². The Balaban J connectivity index is 0.00000625. The fourth-order valence-corrected chi connectivity index (χ4v) is 3.87. The van der Waals surface area contributed by atoms with Crippen molar-refractivity contribution in [3.8, 4) is 0 Å². The molecule has 0 fully saturated rings. The first-order chi connectivity index (χ1) is 12.2. The Labute approximate surface area is 169 Å². The molecule has 0 unspecified atom stereocenters. The lowest BCUT2D eigenvalue weighted by Crippen LogP contribution is -3.00. The molecule has 0 amide bonds. The van der Waals surface area contributed by atoms with Crippen LogP contribution >= 0.6 is 0 Å². The van der Waals surface area contributed by atoms with Gasteiger partial charge in [-0.15, -0.1) is 0 Å². The summed E-state index contributed by atoms with van der Waals surface area (Å²) < 4.78 is 1.29. The van der Waals surface area contributed by atoms with Crippen molar-refractivity contribution >= 4 is 6.08 Å². The molecule has 0 bridgehead atoms. The number of halogens is 1. The normalized spacial score (nSPS) is 11.2. The maximum Gasteiger partial charge on any atom is 0.104 e. The minimum atomic E-state index is 0. The van der Waals surface area contributed by atoms with Crippen molar-refractivity contribution < 1.29 is 16.9 Å². The van der Waals surface area contributed by atoms with Gasteiger partial charge in [-0.1, -0.05) is 70.9 Å². The molecule has 1 nitrogen and oxygen atoms in total. The number of benzene rings is 1. The van der Waals surface area contributed by atoms with E-state index in [1.54, 1.807) is 0 Å². The van der Waals surface area contributed by atoms with Crippen LogP contribution in [-0.2, 0) is 6.54 Å². The number of nitrogens with zero attached hydrogens (tertiary/aromatic N) is 1. The van der Waals surface area contributed by atoms with E-state index in [1.807, 2.05) is 6.08 Å². The van der Waals surface area contributed by atoms with Crippen LogP contribution in [-0.4, -0.2) is 24.1 Å². The standard InChI is InChI=1S/C24H42N.ClH/c1-5-9-12-18-25(19-13-10-6-2,20-14-11-7-3)22-24-17-15-16-23(8-4)21-24;/h8,15-17,21H,4-7,9-14,18-20,22H2,1-3H3;1H/q+1;/p-1. The molecule has 1 aromatic rings. The van der Waals surface area contributed by atoms with Crippen LogP contribution in [0.5, 0.6) is 0 Å². The van der Waals surface area contributed by atoms with Crippen LogP contribution in [0.4, 0.5) is 0 Å². The zero-order chi connectivity index (χ0) is 18.4. The predicted molar refractivity (Wildman–Crippen MR) is 114 cm³/mol. The van der Waals surface area contributed by atoms with Gasteiger partial charge in [0.05, 0.1) is 19.6 Å². The molecule has 150 valence electrons. The molecule has 0 spiro atoms. The van der Waals surface area contributed by atoms with E-state index in [2.05, 4.69) is 51.6 Å². The lowest BCUT2D eigenvalue weighted by Gasteiger charge is -2.39. The fraction of sp³-hybridized carbons (Fsp3) is 0.667. The van der Waals surface area contributed by atoms with Gasteiger partial charge in [0.2, 0.25) is 0 Å². The number of quaternary nitrogens is 1. The van der Waals surface area contributed by atoms with Gasteiger partial charge in [0.25, 0.3) is 0 Å². The predicted octanol–water partition coefficient (Wildman–Crippen LogP) is 4.22. The Hall–Kier alpha value is -0.790. The summed E-state index contributed by atoms with van der Waals surface area (Å²) in [6.07, 6.45) is 14.1. The highest BCUT2D eigenvalue weighted by Crippen LogP contribution is 2.22. The van der Waals surface area contributed by atoms with E-state index in [-0.39, 0.29) is 12.4 Å². The van der Waals surface area contributed by atoms with Crippen LogP contribution in [0.25, 0.3) is 6.08 Å². The molecule has 0 aromatic heterocycles. The lowest BCUT2D eigenvalue weighted by molar-refractivity contribution is -0.941. The maximum absolute atomic E-state index is 3.95. The molecular formula is C24H42ClN. The van der Waals surface area contributed by atoms with E-state index >= 15 is 0 Å². The average molecular weight is 380 g/mol. The summed E-state index contributed by atoms with van der Waals surface area (Å²) in [5.74, 6) is 0. The summed E-state index contributed by atoms with van der Waals surface area (Å²) >= 11 is 0. The Kier molecular flexibility index (Phi) is 14.8. The van der Waals surface area contributed by atoms with Crippen molar-refractivity contribution in [2.24, 2.45) is 0 Å². The van der Waals surface area contributed by atoms with Gasteiger partial charge in [0, 0.05) is 5.56 Å². The van der Waals surface area contributed by atoms with E-state index in [9.17, 15) is 0 Å². The van der Waals surface area contributed by atoms with Gasteiger partial charge >= 0.3 is 0 Å². The molecular weight excluding hydrogens is 338 g/mol. The lowest BCUT2D eigenvalue weighted by atomic mass is 10.1. The molecule has 0 aliphatic rings. The third kappa shape index (κ3) is 9.78. The Bertz CT molecular complexity index is 443. The van der Waals surface area contributed by atoms with E-state index in [1.165, 1.54) is 99.6 Å². The van der Waals surface area contributed by atoms with E-state index in [0.717, 1.165) is 0 Å². The molecule has 0 heterocycles. The summed E-state index contributed by atoms with van der Waals surface area (Å²) in [6, 6.07) is 9.03. The average Bonchev–Trinajstić information content (AvgIpc) is 2.62. The fourth-order valence-electron chi connectivity index (χ4n) is 3.87. The molecule has 1 rings (SSSR count). The summed E-state index contributed by atoms with van der Waals surface area (Å²) in [4.78, 5) is 0. The third-order valence-electron chi connectivity index (χ3n) is 5.41. The van der Waals surface area contributed by atoms with Gasteiger partial charge in [-0.05, 0) is 50.2 Å². The van der Waals surface area contributed by atoms with Crippen molar-refractivity contribution in [1.82, 2.24) is 0 Å². The largest absolute Gasteiger partial charge is 1.00 e. The quantitative estimate of drug-likeness (QED) is 0.316. The van der Waals surface area contributed by atoms with Crippen LogP contribution in [0, 0.1) is 0 Å². The van der Waals surface area contributed by atoms with Crippen molar-refractivity contribution in [1.29, 1.82) is 0 Å². The Morgan fingerprint density at radius 3 is 1.73 bits per heavy atom. The second-order valence-corrected chi connectivity index (χ2v) is 7.74. The summed E-state index contributed by atoms with van der Waals surface area (Å²) in [5.41, 5.74) is 2.74. The first-order valence-corrected chi connectivity index (χ1v) is 10.8. The number of hydrogen-bond acceptors (Lipinski definition) is 0. The van der Waals surface area contributed by atoms with Gasteiger partial charge in [-0.3, -0.25) is 0 Å². The highest BCUT2D eigenvalue weighted by atomic mass is 35.5. The topological polar surface area (TPSA) is 0 Å². The van der Waals surface area contributed by atoms with E-state index in [0.29, 0.717) is 0 Å². The van der Waals surface area contributed by atoms with E-state index < -0.39 is 0 Å². The molecule has 0 saturated heterocycles. The van der Waals surface area contributed by atoms with Gasteiger partial charge in [-0.2, -0.15) is 0 Å².